The third-order valence-electron chi connectivity index (χ3n) is 5.68. The van der Waals surface area contributed by atoms with Crippen molar-refractivity contribution in [3.05, 3.63) is 95.6 Å². The largest absolute Gasteiger partial charge is 0.497 e. The van der Waals surface area contributed by atoms with Crippen LogP contribution in [0.3, 0.4) is 0 Å². The van der Waals surface area contributed by atoms with Crippen molar-refractivity contribution in [1.82, 2.24) is 9.80 Å². The summed E-state index contributed by atoms with van der Waals surface area (Å²) in [6.07, 6.45) is 0. The lowest BCUT2D eigenvalue weighted by Gasteiger charge is -2.39. The molecule has 0 unspecified atom stereocenters. The van der Waals surface area contributed by atoms with Crippen LogP contribution in [0.2, 0.25) is 0 Å². The van der Waals surface area contributed by atoms with E-state index in [2.05, 4.69) is 10.2 Å². The lowest BCUT2D eigenvalue weighted by Crippen LogP contribution is -2.51. The number of rotatable bonds is 5. The fraction of sp³-hybridized carbons (Fsp3) is 0.240. The molecule has 0 aromatic heterocycles. The van der Waals surface area contributed by atoms with E-state index in [4.69, 9.17) is 4.74 Å². The van der Waals surface area contributed by atoms with Crippen molar-refractivity contribution < 1.29 is 18.3 Å². The first-order valence-corrected chi connectivity index (χ1v) is 10.5. The molecular weight excluding hydrogens is 412 g/mol. The van der Waals surface area contributed by atoms with Crippen LogP contribution in [0.15, 0.2) is 72.8 Å². The summed E-state index contributed by atoms with van der Waals surface area (Å²) in [6, 6.07) is 19.6. The number of ether oxygens (including phenoxy) is 1. The number of hydrogen-bond donors (Lipinski definition) is 1. The first-order chi connectivity index (χ1) is 15.5. The lowest BCUT2D eigenvalue weighted by atomic mass is 9.96. The Morgan fingerprint density at radius 3 is 1.78 bits per heavy atom. The minimum atomic E-state index is -0.299. The Labute approximate surface area is 186 Å². The van der Waals surface area contributed by atoms with E-state index in [0.29, 0.717) is 31.9 Å². The Bertz CT molecular complexity index is 987. The number of halogens is 2. The number of urea groups is 1. The molecule has 1 aliphatic heterocycles. The molecule has 1 aliphatic rings. The van der Waals surface area contributed by atoms with Crippen LogP contribution in [0.1, 0.15) is 17.2 Å². The van der Waals surface area contributed by atoms with Gasteiger partial charge in [-0.15, -0.1) is 0 Å². The number of benzene rings is 3. The van der Waals surface area contributed by atoms with E-state index in [1.165, 1.54) is 24.3 Å². The maximum Gasteiger partial charge on any atom is 0.321 e. The smallest absolute Gasteiger partial charge is 0.321 e. The Balaban J connectivity index is 1.45. The van der Waals surface area contributed by atoms with Crippen molar-refractivity contribution in [2.75, 3.05) is 38.6 Å². The molecule has 0 atom stereocenters. The van der Waals surface area contributed by atoms with Crippen LogP contribution in [0.25, 0.3) is 0 Å². The van der Waals surface area contributed by atoms with Crippen LogP contribution in [0, 0.1) is 11.6 Å². The van der Waals surface area contributed by atoms with Gasteiger partial charge < -0.3 is 15.0 Å². The van der Waals surface area contributed by atoms with E-state index in [1.807, 2.05) is 0 Å². The number of carbonyl (C=O) groups excluding carboxylic acids is 1. The van der Waals surface area contributed by atoms with Crippen molar-refractivity contribution >= 4 is 11.7 Å². The predicted molar refractivity (Wildman–Crippen MR) is 120 cm³/mol. The van der Waals surface area contributed by atoms with Crippen molar-refractivity contribution in [3.8, 4) is 5.75 Å². The van der Waals surface area contributed by atoms with Gasteiger partial charge in [0.25, 0.3) is 0 Å². The van der Waals surface area contributed by atoms with E-state index in [0.717, 1.165) is 16.9 Å². The van der Waals surface area contributed by atoms with E-state index in [-0.39, 0.29) is 23.7 Å². The molecular formula is C25H25F2N3O2. The van der Waals surface area contributed by atoms with Gasteiger partial charge in [0.15, 0.2) is 0 Å². The molecule has 0 saturated carbocycles. The molecule has 2 amide bonds. The summed E-state index contributed by atoms with van der Waals surface area (Å²) < 4.78 is 32.1. The molecule has 3 aromatic rings. The molecule has 7 heteroatoms. The molecule has 1 N–H and O–H groups in total. The standard InChI is InChI=1S/C25H25F2N3O2/c1-32-23-12-10-22(11-13-23)28-25(31)30-16-14-29(15-17-30)24(18-2-6-20(26)7-3-18)19-4-8-21(27)9-5-19/h2-13,24H,14-17H2,1H3,(H,28,31). The molecule has 0 aliphatic carbocycles. The second-order valence-electron chi connectivity index (χ2n) is 7.69. The molecule has 4 rings (SSSR count). The molecule has 0 spiro atoms. The Kier molecular flexibility index (Phi) is 6.66. The molecule has 1 saturated heterocycles. The number of piperazine rings is 1. The summed E-state index contributed by atoms with van der Waals surface area (Å²) in [6.45, 7) is 2.35. The summed E-state index contributed by atoms with van der Waals surface area (Å²) in [5.74, 6) is 0.127. The topological polar surface area (TPSA) is 44.8 Å². The highest BCUT2D eigenvalue weighted by Crippen LogP contribution is 2.30. The van der Waals surface area contributed by atoms with Gasteiger partial charge in [-0.25, -0.2) is 13.6 Å². The second-order valence-corrected chi connectivity index (χ2v) is 7.69. The normalized spacial score (nSPS) is 14.4. The first-order valence-electron chi connectivity index (χ1n) is 10.5. The SMILES string of the molecule is COc1ccc(NC(=O)N2CCN(C(c3ccc(F)cc3)c3ccc(F)cc3)CC2)cc1. The van der Waals surface area contributed by atoms with Crippen molar-refractivity contribution in [1.29, 1.82) is 0 Å². The minimum absolute atomic E-state index is 0.150. The van der Waals surface area contributed by atoms with Crippen LogP contribution in [0.5, 0.6) is 5.75 Å². The number of carbonyl (C=O) groups is 1. The quantitative estimate of drug-likeness (QED) is 0.617. The monoisotopic (exact) mass is 437 g/mol. The average molecular weight is 437 g/mol. The van der Waals surface area contributed by atoms with Gasteiger partial charge in [-0.2, -0.15) is 0 Å². The summed E-state index contributed by atoms with van der Waals surface area (Å²) in [5.41, 5.74) is 2.55. The van der Waals surface area contributed by atoms with E-state index in [9.17, 15) is 13.6 Å². The number of nitrogens with one attached hydrogen (secondary N) is 1. The van der Waals surface area contributed by atoms with Crippen LogP contribution in [0.4, 0.5) is 19.3 Å². The number of anilines is 1. The lowest BCUT2D eigenvalue weighted by molar-refractivity contribution is 0.126. The van der Waals surface area contributed by atoms with Crippen molar-refractivity contribution in [3.63, 3.8) is 0 Å². The molecule has 0 radical (unpaired) electrons. The van der Waals surface area contributed by atoms with Gasteiger partial charge in [-0.3, -0.25) is 4.90 Å². The molecule has 3 aromatic carbocycles. The molecule has 1 heterocycles. The number of amides is 2. The Hall–Kier alpha value is -3.45. The van der Waals surface area contributed by atoms with Crippen LogP contribution in [-0.2, 0) is 0 Å². The summed E-state index contributed by atoms with van der Waals surface area (Å²) >= 11 is 0. The number of methoxy groups -OCH3 is 1. The predicted octanol–water partition coefficient (Wildman–Crippen LogP) is 4.91. The molecule has 32 heavy (non-hydrogen) atoms. The van der Waals surface area contributed by atoms with E-state index >= 15 is 0 Å². The van der Waals surface area contributed by atoms with Crippen molar-refractivity contribution in [2.24, 2.45) is 0 Å². The average Bonchev–Trinajstić information content (AvgIpc) is 2.82. The van der Waals surface area contributed by atoms with Gasteiger partial charge in [0.1, 0.15) is 17.4 Å². The summed E-state index contributed by atoms with van der Waals surface area (Å²) in [4.78, 5) is 16.7. The van der Waals surface area contributed by atoms with Gasteiger partial charge in [0.2, 0.25) is 0 Å². The zero-order chi connectivity index (χ0) is 22.5. The van der Waals surface area contributed by atoms with Crippen molar-refractivity contribution in [2.45, 2.75) is 6.04 Å². The van der Waals surface area contributed by atoms with Gasteiger partial charge in [0, 0.05) is 31.9 Å². The minimum Gasteiger partial charge on any atom is -0.497 e. The van der Waals surface area contributed by atoms with E-state index < -0.39 is 0 Å². The molecule has 1 fully saturated rings. The molecule has 166 valence electrons. The Morgan fingerprint density at radius 2 is 1.31 bits per heavy atom. The zero-order valence-corrected chi connectivity index (χ0v) is 17.8. The second kappa shape index (κ2) is 9.78. The van der Waals surface area contributed by atoms with Crippen LogP contribution >= 0.6 is 0 Å². The van der Waals surface area contributed by atoms with Gasteiger partial charge >= 0.3 is 6.03 Å². The fourth-order valence-electron chi connectivity index (χ4n) is 3.96. The highest BCUT2D eigenvalue weighted by atomic mass is 19.1. The van der Waals surface area contributed by atoms with Gasteiger partial charge in [-0.05, 0) is 59.7 Å². The maximum atomic E-state index is 13.5. The van der Waals surface area contributed by atoms with Crippen LogP contribution in [-0.4, -0.2) is 49.1 Å². The van der Waals surface area contributed by atoms with E-state index in [1.54, 1.807) is 60.5 Å². The number of hydrogen-bond acceptors (Lipinski definition) is 3. The Morgan fingerprint density at radius 1 is 0.812 bits per heavy atom. The third kappa shape index (κ3) is 5.06. The number of nitrogens with zero attached hydrogens (tertiary/aromatic N) is 2. The highest BCUT2D eigenvalue weighted by molar-refractivity contribution is 5.89. The van der Waals surface area contributed by atoms with Gasteiger partial charge in [-0.1, -0.05) is 24.3 Å². The highest BCUT2D eigenvalue weighted by Gasteiger charge is 2.28. The summed E-state index contributed by atoms with van der Waals surface area (Å²) in [5, 5.41) is 2.91. The van der Waals surface area contributed by atoms with Crippen LogP contribution < -0.4 is 10.1 Å². The fourth-order valence-corrected chi connectivity index (χ4v) is 3.96. The zero-order valence-electron chi connectivity index (χ0n) is 17.8. The molecule has 5 nitrogen and oxygen atoms in total. The van der Waals surface area contributed by atoms with Gasteiger partial charge in [0.05, 0.1) is 13.2 Å². The first kappa shape index (κ1) is 21.8. The molecule has 0 bridgehead atoms. The maximum absolute atomic E-state index is 13.5. The third-order valence-corrected chi connectivity index (χ3v) is 5.68. The summed E-state index contributed by atoms with van der Waals surface area (Å²) in [7, 11) is 1.60.